The van der Waals surface area contributed by atoms with Gasteiger partial charge in [0.2, 0.25) is 0 Å². The molecule has 6 heteroatoms. The molecule has 0 bridgehead atoms. The highest BCUT2D eigenvalue weighted by atomic mass is 35.5. The second-order valence-corrected chi connectivity index (χ2v) is 5.14. The van der Waals surface area contributed by atoms with Crippen LogP contribution in [0.5, 0.6) is 0 Å². The molecule has 2 aromatic rings. The van der Waals surface area contributed by atoms with Gasteiger partial charge in [0.05, 0.1) is 11.3 Å². The van der Waals surface area contributed by atoms with Crippen molar-refractivity contribution in [1.29, 1.82) is 0 Å². The van der Waals surface area contributed by atoms with Gasteiger partial charge in [-0.25, -0.2) is 9.78 Å². The number of amides is 1. The first-order valence-corrected chi connectivity index (χ1v) is 7.00. The van der Waals surface area contributed by atoms with E-state index in [2.05, 4.69) is 10.3 Å². The van der Waals surface area contributed by atoms with Crippen molar-refractivity contribution in [3.8, 4) is 0 Å². The molecule has 114 valence electrons. The summed E-state index contributed by atoms with van der Waals surface area (Å²) in [5, 5.41) is 2.71. The highest BCUT2D eigenvalue weighted by Gasteiger charge is 2.13. The second-order valence-electron chi connectivity index (χ2n) is 4.78. The molecular weight excluding hydrogens is 304 g/mol. The van der Waals surface area contributed by atoms with E-state index >= 15 is 0 Å². The lowest BCUT2D eigenvalue weighted by molar-refractivity contribution is -0.119. The number of hydrogen-bond acceptors (Lipinski definition) is 4. The van der Waals surface area contributed by atoms with E-state index in [0.717, 1.165) is 11.1 Å². The zero-order chi connectivity index (χ0) is 16.1. The minimum Gasteiger partial charge on any atom is -0.452 e. The Morgan fingerprint density at radius 3 is 2.73 bits per heavy atom. The second kappa shape index (κ2) is 7.04. The summed E-state index contributed by atoms with van der Waals surface area (Å²) in [6.45, 7) is 3.36. The van der Waals surface area contributed by atoms with Crippen LogP contribution in [-0.4, -0.2) is 23.5 Å². The largest absolute Gasteiger partial charge is 0.452 e. The van der Waals surface area contributed by atoms with Crippen LogP contribution in [0.15, 0.2) is 36.5 Å². The number of halogens is 1. The van der Waals surface area contributed by atoms with Crippen molar-refractivity contribution in [3.63, 3.8) is 0 Å². The lowest BCUT2D eigenvalue weighted by Gasteiger charge is -2.09. The van der Waals surface area contributed by atoms with Crippen molar-refractivity contribution in [2.24, 2.45) is 0 Å². The Morgan fingerprint density at radius 2 is 2.05 bits per heavy atom. The maximum absolute atomic E-state index is 12.0. The number of nitrogens with zero attached hydrogens (tertiary/aromatic N) is 1. The molecule has 0 fully saturated rings. The minimum absolute atomic E-state index is 0.177. The number of hydrogen-bond donors (Lipinski definition) is 1. The molecule has 0 aliphatic rings. The molecule has 1 amide bonds. The van der Waals surface area contributed by atoms with E-state index < -0.39 is 18.5 Å². The number of anilines is 1. The van der Waals surface area contributed by atoms with Gasteiger partial charge in [-0.3, -0.25) is 4.79 Å². The number of rotatable bonds is 4. The van der Waals surface area contributed by atoms with Crippen LogP contribution in [0.25, 0.3) is 0 Å². The highest BCUT2D eigenvalue weighted by molar-refractivity contribution is 6.32. The molecule has 0 atom stereocenters. The summed E-state index contributed by atoms with van der Waals surface area (Å²) in [5.74, 6) is -1.02. The van der Waals surface area contributed by atoms with Gasteiger partial charge in [0.15, 0.2) is 11.8 Å². The molecule has 0 aliphatic heterocycles. The smallest absolute Gasteiger partial charge is 0.338 e. The van der Waals surface area contributed by atoms with E-state index in [-0.39, 0.29) is 5.15 Å². The van der Waals surface area contributed by atoms with Crippen LogP contribution in [-0.2, 0) is 9.53 Å². The fourth-order valence-corrected chi connectivity index (χ4v) is 2.08. The summed E-state index contributed by atoms with van der Waals surface area (Å²) in [4.78, 5) is 27.6. The zero-order valence-electron chi connectivity index (χ0n) is 12.2. The standard InChI is InChI=1S/C16H15ClN2O3/c1-10-5-6-12(11(2)8-10)16(21)22-9-14(20)19-13-4-3-7-18-15(13)17/h3-8H,9H2,1-2H3,(H,19,20). The minimum atomic E-state index is -0.537. The van der Waals surface area contributed by atoms with Gasteiger partial charge in [0, 0.05) is 6.20 Å². The third kappa shape index (κ3) is 4.05. The number of carbonyl (C=O) groups excluding carboxylic acids is 2. The van der Waals surface area contributed by atoms with Crippen molar-refractivity contribution in [1.82, 2.24) is 4.98 Å². The fraction of sp³-hybridized carbons (Fsp3) is 0.188. The Labute approximate surface area is 133 Å². The third-order valence-corrected chi connectivity index (χ3v) is 3.27. The van der Waals surface area contributed by atoms with Crippen LogP contribution in [0.3, 0.4) is 0 Å². The molecular formula is C16H15ClN2O3. The summed E-state index contributed by atoms with van der Waals surface area (Å²) in [6, 6.07) is 8.64. The van der Waals surface area contributed by atoms with Gasteiger partial charge in [-0.1, -0.05) is 29.3 Å². The summed E-state index contributed by atoms with van der Waals surface area (Å²) >= 11 is 5.83. The van der Waals surface area contributed by atoms with Crippen LogP contribution in [0.2, 0.25) is 5.15 Å². The Balaban J connectivity index is 1.93. The number of nitrogens with one attached hydrogen (secondary N) is 1. The van der Waals surface area contributed by atoms with Gasteiger partial charge in [-0.15, -0.1) is 0 Å². The van der Waals surface area contributed by atoms with Gasteiger partial charge in [0.25, 0.3) is 5.91 Å². The van der Waals surface area contributed by atoms with E-state index in [9.17, 15) is 9.59 Å². The number of benzene rings is 1. The Bertz CT molecular complexity index is 716. The van der Waals surface area contributed by atoms with E-state index in [1.54, 1.807) is 18.2 Å². The fourth-order valence-electron chi connectivity index (χ4n) is 1.92. The Hall–Kier alpha value is -2.40. The van der Waals surface area contributed by atoms with Gasteiger partial charge < -0.3 is 10.1 Å². The highest BCUT2D eigenvalue weighted by Crippen LogP contribution is 2.17. The van der Waals surface area contributed by atoms with Gasteiger partial charge in [0.1, 0.15) is 0 Å². The lowest BCUT2D eigenvalue weighted by Crippen LogP contribution is -2.21. The van der Waals surface area contributed by atoms with E-state index in [1.165, 1.54) is 6.20 Å². The van der Waals surface area contributed by atoms with Crippen LogP contribution >= 0.6 is 11.6 Å². The Morgan fingerprint density at radius 1 is 1.27 bits per heavy atom. The maximum atomic E-state index is 12.0. The van der Waals surface area contributed by atoms with E-state index in [0.29, 0.717) is 11.3 Å². The molecule has 0 unspecified atom stereocenters. The first kappa shape index (κ1) is 16.0. The number of pyridine rings is 1. The number of esters is 1. The van der Waals surface area contributed by atoms with Gasteiger partial charge >= 0.3 is 5.97 Å². The molecule has 0 saturated carbocycles. The normalized spacial score (nSPS) is 10.1. The van der Waals surface area contributed by atoms with Crippen molar-refractivity contribution < 1.29 is 14.3 Å². The molecule has 1 heterocycles. The van der Waals surface area contributed by atoms with Gasteiger partial charge in [-0.2, -0.15) is 0 Å². The first-order chi connectivity index (χ1) is 10.5. The predicted octanol–water partition coefficient (Wildman–Crippen LogP) is 3.15. The summed E-state index contributed by atoms with van der Waals surface area (Å²) < 4.78 is 5.01. The maximum Gasteiger partial charge on any atom is 0.338 e. The average Bonchev–Trinajstić information content (AvgIpc) is 2.47. The number of carbonyl (C=O) groups is 2. The first-order valence-electron chi connectivity index (χ1n) is 6.62. The van der Waals surface area contributed by atoms with Crippen molar-refractivity contribution in [3.05, 3.63) is 58.4 Å². The van der Waals surface area contributed by atoms with Crippen LogP contribution in [0.4, 0.5) is 5.69 Å². The number of aromatic nitrogens is 1. The number of ether oxygens (including phenoxy) is 1. The van der Waals surface area contributed by atoms with Crippen LogP contribution in [0.1, 0.15) is 21.5 Å². The van der Waals surface area contributed by atoms with Crippen LogP contribution < -0.4 is 5.32 Å². The molecule has 0 aliphatic carbocycles. The van der Waals surface area contributed by atoms with E-state index in [1.807, 2.05) is 26.0 Å². The molecule has 1 aromatic carbocycles. The zero-order valence-corrected chi connectivity index (χ0v) is 13.0. The SMILES string of the molecule is Cc1ccc(C(=O)OCC(=O)Nc2cccnc2Cl)c(C)c1. The molecule has 0 radical (unpaired) electrons. The lowest BCUT2D eigenvalue weighted by atomic mass is 10.1. The molecule has 1 N–H and O–H groups in total. The molecule has 1 aromatic heterocycles. The topological polar surface area (TPSA) is 68.3 Å². The average molecular weight is 319 g/mol. The molecule has 5 nitrogen and oxygen atoms in total. The van der Waals surface area contributed by atoms with E-state index in [4.69, 9.17) is 16.3 Å². The third-order valence-electron chi connectivity index (χ3n) is 2.97. The van der Waals surface area contributed by atoms with Gasteiger partial charge in [-0.05, 0) is 37.6 Å². The van der Waals surface area contributed by atoms with Crippen molar-refractivity contribution in [2.45, 2.75) is 13.8 Å². The Kier molecular flexibility index (Phi) is 5.12. The van der Waals surface area contributed by atoms with Crippen LogP contribution in [0, 0.1) is 13.8 Å². The quantitative estimate of drug-likeness (QED) is 0.694. The number of aryl methyl sites for hydroxylation is 2. The summed E-state index contributed by atoms with van der Waals surface area (Å²) in [5.41, 5.74) is 2.67. The molecule has 0 spiro atoms. The van der Waals surface area contributed by atoms with Crippen molar-refractivity contribution in [2.75, 3.05) is 11.9 Å². The molecule has 0 saturated heterocycles. The summed E-state index contributed by atoms with van der Waals surface area (Å²) in [7, 11) is 0. The van der Waals surface area contributed by atoms with Crippen molar-refractivity contribution >= 4 is 29.2 Å². The monoisotopic (exact) mass is 318 g/mol. The summed E-state index contributed by atoms with van der Waals surface area (Å²) in [6.07, 6.45) is 1.51. The predicted molar refractivity (Wildman–Crippen MR) is 84.1 cm³/mol. The molecule has 2 rings (SSSR count). The molecule has 22 heavy (non-hydrogen) atoms.